The normalized spacial score (nSPS) is 13.2. The molecule has 6 nitrogen and oxygen atoms in total. The maximum absolute atomic E-state index is 5.15. The monoisotopic (exact) mass is 415 g/mol. The zero-order valence-corrected chi connectivity index (χ0v) is 18.7. The number of fused-ring (bicyclic) bond motifs is 1. The topological polar surface area (TPSA) is 65.2 Å². The molecule has 0 bridgehead atoms. The number of hydrogen-bond donors (Lipinski definition) is 0. The molecule has 6 heteroatoms. The van der Waals surface area contributed by atoms with E-state index >= 15 is 0 Å². The van der Waals surface area contributed by atoms with Crippen molar-refractivity contribution in [2.75, 3.05) is 13.7 Å². The lowest BCUT2D eigenvalue weighted by Crippen LogP contribution is -2.02. The second-order valence-electron chi connectivity index (χ2n) is 7.56. The smallest absolute Gasteiger partial charge is 0.162 e. The van der Waals surface area contributed by atoms with Crippen LogP contribution in [-0.2, 0) is 11.2 Å². The number of pyridine rings is 2. The summed E-state index contributed by atoms with van der Waals surface area (Å²) >= 11 is 0. The Hall–Kier alpha value is -3.12. The molecule has 1 fully saturated rings. The first-order valence-electron chi connectivity index (χ1n) is 11.0. The molecule has 1 aliphatic rings. The number of imidazole rings is 1. The zero-order chi connectivity index (χ0) is 21.8. The van der Waals surface area contributed by atoms with Crippen LogP contribution >= 0.6 is 0 Å². The first kappa shape index (κ1) is 21.1. The van der Waals surface area contributed by atoms with Gasteiger partial charge in [0.2, 0.25) is 0 Å². The van der Waals surface area contributed by atoms with Crippen molar-refractivity contribution in [3.05, 3.63) is 66.0 Å². The maximum atomic E-state index is 5.15. The maximum Gasteiger partial charge on any atom is 0.162 e. The van der Waals surface area contributed by atoms with Crippen LogP contribution in [0.15, 0.2) is 48.9 Å². The Morgan fingerprint density at radius 1 is 1.06 bits per heavy atom. The minimum Gasteiger partial charge on any atom is -0.384 e. The van der Waals surface area contributed by atoms with Gasteiger partial charge < -0.3 is 4.74 Å². The van der Waals surface area contributed by atoms with Crippen molar-refractivity contribution in [2.45, 2.75) is 46.0 Å². The molecule has 0 N–H and O–H groups in total. The molecule has 0 spiro atoms. The average molecular weight is 416 g/mol. The summed E-state index contributed by atoms with van der Waals surface area (Å²) in [4.78, 5) is 13.7. The van der Waals surface area contributed by atoms with Crippen molar-refractivity contribution < 1.29 is 4.74 Å². The second-order valence-corrected chi connectivity index (χ2v) is 7.56. The summed E-state index contributed by atoms with van der Waals surface area (Å²) in [6.45, 7) is 6.71. The Bertz CT molecular complexity index is 1150. The molecule has 1 aliphatic carbocycles. The lowest BCUT2D eigenvalue weighted by molar-refractivity contribution is 0.201. The third kappa shape index (κ3) is 4.35. The quantitative estimate of drug-likeness (QED) is 0.430. The van der Waals surface area contributed by atoms with Crippen molar-refractivity contribution in [2.24, 2.45) is 0 Å². The molecular formula is C25H29N5O. The van der Waals surface area contributed by atoms with Gasteiger partial charge in [-0.25, -0.2) is 9.50 Å². The summed E-state index contributed by atoms with van der Waals surface area (Å²) in [7, 11) is 1.71. The molecule has 0 amide bonds. The molecule has 0 aromatic carbocycles. The van der Waals surface area contributed by atoms with Gasteiger partial charge in [-0.1, -0.05) is 13.8 Å². The van der Waals surface area contributed by atoms with Crippen LogP contribution in [0.1, 0.15) is 49.7 Å². The molecule has 31 heavy (non-hydrogen) atoms. The minimum absolute atomic E-state index is 0.546. The van der Waals surface area contributed by atoms with Gasteiger partial charge in [0.1, 0.15) is 0 Å². The lowest BCUT2D eigenvalue weighted by atomic mass is 10.1. The molecule has 4 aromatic heterocycles. The van der Waals surface area contributed by atoms with Gasteiger partial charge in [0.25, 0.3) is 0 Å². The molecule has 160 valence electrons. The first-order valence-corrected chi connectivity index (χ1v) is 11.0. The Morgan fingerprint density at radius 3 is 2.48 bits per heavy atom. The standard InChI is InChI=1S/C23H23N5O.C2H6/c1-15-22(18-5-6-19(25-14-18)9-12-29-2)28-23(26-15)20(16-7-10-24-11-8-16)13-21(27-28)17-3-4-17;1-2/h5-8,10-11,13-14,17H,3-4,9,12H2,1-2H3;1-2H3. The van der Waals surface area contributed by atoms with Gasteiger partial charge in [0.15, 0.2) is 5.65 Å². The van der Waals surface area contributed by atoms with Crippen LogP contribution < -0.4 is 0 Å². The fraction of sp³-hybridized carbons (Fsp3) is 0.360. The van der Waals surface area contributed by atoms with Gasteiger partial charge >= 0.3 is 0 Å². The Labute approximate surface area is 183 Å². The van der Waals surface area contributed by atoms with Gasteiger partial charge in [-0.3, -0.25) is 9.97 Å². The third-order valence-corrected chi connectivity index (χ3v) is 5.42. The largest absolute Gasteiger partial charge is 0.384 e. The van der Waals surface area contributed by atoms with Crippen LogP contribution in [0.25, 0.3) is 28.0 Å². The molecule has 0 unspecified atom stereocenters. The average Bonchev–Trinajstić information content (AvgIpc) is 3.62. The van der Waals surface area contributed by atoms with E-state index in [4.69, 9.17) is 14.8 Å². The Kier molecular flexibility index (Phi) is 6.37. The van der Waals surface area contributed by atoms with Crippen LogP contribution in [0.5, 0.6) is 0 Å². The predicted molar refractivity (Wildman–Crippen MR) is 123 cm³/mol. The molecule has 5 rings (SSSR count). The molecule has 1 saturated carbocycles. The number of methoxy groups -OCH3 is 1. The van der Waals surface area contributed by atoms with Crippen molar-refractivity contribution in [3.8, 4) is 22.4 Å². The molecule has 0 atom stereocenters. The molecule has 4 aromatic rings. The van der Waals surface area contributed by atoms with E-state index in [0.717, 1.165) is 51.5 Å². The van der Waals surface area contributed by atoms with E-state index < -0.39 is 0 Å². The van der Waals surface area contributed by atoms with Crippen LogP contribution in [-0.4, -0.2) is 38.3 Å². The molecule has 0 radical (unpaired) electrons. The van der Waals surface area contributed by atoms with E-state index in [1.54, 1.807) is 7.11 Å². The summed E-state index contributed by atoms with van der Waals surface area (Å²) in [5, 5.41) is 4.98. The Morgan fingerprint density at radius 2 is 1.84 bits per heavy atom. The lowest BCUT2D eigenvalue weighted by Gasteiger charge is -2.09. The molecular weight excluding hydrogens is 386 g/mol. The zero-order valence-electron chi connectivity index (χ0n) is 18.7. The third-order valence-electron chi connectivity index (χ3n) is 5.42. The molecule has 4 heterocycles. The summed E-state index contributed by atoms with van der Waals surface area (Å²) in [5.41, 5.74) is 8.21. The molecule has 0 aliphatic heterocycles. The van der Waals surface area contributed by atoms with E-state index in [-0.39, 0.29) is 0 Å². The fourth-order valence-electron chi connectivity index (χ4n) is 3.72. The number of aromatic nitrogens is 5. The van der Waals surface area contributed by atoms with Crippen molar-refractivity contribution >= 4 is 5.65 Å². The van der Waals surface area contributed by atoms with Crippen molar-refractivity contribution in [1.29, 1.82) is 0 Å². The summed E-state index contributed by atoms with van der Waals surface area (Å²) in [6.07, 6.45) is 8.77. The van der Waals surface area contributed by atoms with Crippen LogP contribution in [0, 0.1) is 6.92 Å². The highest BCUT2D eigenvalue weighted by atomic mass is 16.5. The number of hydrogen-bond acceptors (Lipinski definition) is 5. The summed E-state index contributed by atoms with van der Waals surface area (Å²) in [5.74, 6) is 0.546. The number of rotatable bonds is 6. The van der Waals surface area contributed by atoms with Gasteiger partial charge in [0.05, 0.1) is 23.7 Å². The second kappa shape index (κ2) is 9.35. The number of nitrogens with zero attached hydrogens (tertiary/aromatic N) is 5. The number of ether oxygens (including phenoxy) is 1. The summed E-state index contributed by atoms with van der Waals surface area (Å²) < 4.78 is 7.16. The SMILES string of the molecule is CC.COCCc1ccc(-c2c(C)nc3c(-c4ccncc4)cc(C4CC4)nn23)cn1. The first-order chi connectivity index (χ1) is 15.2. The van der Waals surface area contributed by atoms with E-state index in [1.165, 1.54) is 12.8 Å². The van der Waals surface area contributed by atoms with Crippen LogP contribution in [0.4, 0.5) is 0 Å². The molecule has 0 saturated heterocycles. The fourth-order valence-corrected chi connectivity index (χ4v) is 3.72. The van der Waals surface area contributed by atoms with Crippen LogP contribution in [0.3, 0.4) is 0 Å². The van der Waals surface area contributed by atoms with Gasteiger partial charge in [-0.05, 0) is 55.7 Å². The van der Waals surface area contributed by atoms with Crippen molar-refractivity contribution in [1.82, 2.24) is 24.6 Å². The van der Waals surface area contributed by atoms with E-state index in [2.05, 4.69) is 28.2 Å². The van der Waals surface area contributed by atoms with E-state index in [1.807, 2.05) is 56.0 Å². The van der Waals surface area contributed by atoms with Gasteiger partial charge in [0, 0.05) is 54.9 Å². The summed E-state index contributed by atoms with van der Waals surface area (Å²) in [6, 6.07) is 10.4. The highest BCUT2D eigenvalue weighted by molar-refractivity contribution is 5.80. The van der Waals surface area contributed by atoms with E-state index in [0.29, 0.717) is 12.5 Å². The highest BCUT2D eigenvalue weighted by Crippen LogP contribution is 2.41. The van der Waals surface area contributed by atoms with Gasteiger partial charge in [-0.2, -0.15) is 5.10 Å². The predicted octanol–water partition coefficient (Wildman–Crippen LogP) is 5.25. The Balaban J connectivity index is 0.00000112. The van der Waals surface area contributed by atoms with Crippen molar-refractivity contribution in [3.63, 3.8) is 0 Å². The van der Waals surface area contributed by atoms with Crippen LogP contribution in [0.2, 0.25) is 0 Å². The van der Waals surface area contributed by atoms with Gasteiger partial charge in [-0.15, -0.1) is 0 Å². The number of aryl methyl sites for hydroxylation is 1. The highest BCUT2D eigenvalue weighted by Gasteiger charge is 2.28. The van der Waals surface area contributed by atoms with E-state index in [9.17, 15) is 0 Å². The minimum atomic E-state index is 0.546.